The number of ether oxygens (including phenoxy) is 1. The van der Waals surface area contributed by atoms with Crippen LogP contribution in [0.4, 0.5) is 5.69 Å². The number of hydrogen-bond donors (Lipinski definition) is 3. The molecule has 33 heavy (non-hydrogen) atoms. The molecular weight excluding hydrogens is 452 g/mol. The highest BCUT2D eigenvalue weighted by molar-refractivity contribution is 7.89. The molecule has 1 aliphatic heterocycles. The van der Waals surface area contributed by atoms with E-state index < -0.39 is 52.5 Å². The zero-order valence-corrected chi connectivity index (χ0v) is 18.7. The fraction of sp³-hybridized carbons (Fsp3) is 0.591. The van der Waals surface area contributed by atoms with Crippen LogP contribution in [-0.4, -0.2) is 55.7 Å². The van der Waals surface area contributed by atoms with Crippen LogP contribution in [0.3, 0.4) is 0 Å². The topological polar surface area (TPSA) is 150 Å². The molecule has 0 aromatic heterocycles. The molecule has 3 N–H and O–H groups in total. The first-order valence-corrected chi connectivity index (χ1v) is 12.6. The van der Waals surface area contributed by atoms with Gasteiger partial charge >= 0.3 is 11.9 Å². The minimum absolute atomic E-state index is 0.0559. The number of hydrogen-bond acceptors (Lipinski definition) is 6. The number of benzene rings is 1. The van der Waals surface area contributed by atoms with Crippen LogP contribution >= 0.6 is 0 Å². The largest absolute Gasteiger partial charge is 0.482 e. The molecule has 5 aliphatic rings. The molecule has 1 atom stereocenters. The van der Waals surface area contributed by atoms with Gasteiger partial charge in [-0.15, -0.1) is 0 Å². The van der Waals surface area contributed by atoms with Crippen molar-refractivity contribution >= 4 is 33.6 Å². The van der Waals surface area contributed by atoms with Crippen LogP contribution in [0, 0.1) is 23.2 Å². The Morgan fingerprint density at radius 2 is 1.73 bits per heavy atom. The van der Waals surface area contributed by atoms with Crippen LogP contribution in [0.1, 0.15) is 38.5 Å². The van der Waals surface area contributed by atoms with Crippen LogP contribution in [0.5, 0.6) is 5.75 Å². The fourth-order valence-corrected chi connectivity index (χ4v) is 8.16. The Bertz CT molecular complexity index is 1100. The van der Waals surface area contributed by atoms with Gasteiger partial charge in [0.25, 0.3) is 5.91 Å². The van der Waals surface area contributed by atoms with Crippen LogP contribution in [0.2, 0.25) is 0 Å². The van der Waals surface area contributed by atoms with Gasteiger partial charge in [0.05, 0.1) is 10.6 Å². The van der Waals surface area contributed by atoms with Gasteiger partial charge in [0.15, 0.2) is 6.61 Å². The first kappa shape index (κ1) is 22.1. The first-order chi connectivity index (χ1) is 15.6. The maximum atomic E-state index is 13.2. The first-order valence-electron chi connectivity index (χ1n) is 11.1. The number of sulfonamides is 1. The Balaban J connectivity index is 1.43. The van der Waals surface area contributed by atoms with Crippen LogP contribution in [-0.2, 0) is 24.4 Å². The Kier molecular flexibility index (Phi) is 5.16. The second-order valence-corrected chi connectivity index (χ2v) is 11.7. The normalized spacial score (nSPS) is 31.1. The van der Waals surface area contributed by atoms with E-state index >= 15 is 0 Å². The summed E-state index contributed by atoms with van der Waals surface area (Å²) in [6, 6.07) is 2.52. The molecule has 10 nitrogen and oxygen atoms in total. The zero-order chi connectivity index (χ0) is 23.5. The van der Waals surface area contributed by atoms with Gasteiger partial charge in [-0.3, -0.25) is 19.3 Å². The summed E-state index contributed by atoms with van der Waals surface area (Å²) in [6.45, 7) is -0.991. The van der Waals surface area contributed by atoms with Crippen molar-refractivity contribution in [3.63, 3.8) is 0 Å². The highest BCUT2D eigenvalue weighted by Crippen LogP contribution is 2.61. The highest BCUT2D eigenvalue weighted by Gasteiger charge is 2.57. The van der Waals surface area contributed by atoms with E-state index in [1.165, 1.54) is 18.2 Å². The molecule has 6 rings (SSSR count). The summed E-state index contributed by atoms with van der Waals surface area (Å²) in [6.07, 6.45) is 5.47. The summed E-state index contributed by atoms with van der Waals surface area (Å²) in [7, 11) is -4.22. The number of fused-ring (bicyclic) bond motifs is 1. The molecule has 4 saturated carbocycles. The summed E-state index contributed by atoms with van der Waals surface area (Å²) >= 11 is 0. The number of nitrogens with zero attached hydrogens (tertiary/aromatic N) is 1. The van der Waals surface area contributed by atoms with E-state index in [9.17, 15) is 27.9 Å². The van der Waals surface area contributed by atoms with Gasteiger partial charge in [-0.2, -0.15) is 4.72 Å². The quantitative estimate of drug-likeness (QED) is 0.533. The van der Waals surface area contributed by atoms with Gasteiger partial charge < -0.3 is 14.9 Å². The van der Waals surface area contributed by atoms with E-state index in [0.29, 0.717) is 17.8 Å². The van der Waals surface area contributed by atoms with Crippen molar-refractivity contribution in [2.75, 3.05) is 18.1 Å². The summed E-state index contributed by atoms with van der Waals surface area (Å²) < 4.78 is 34.3. The lowest BCUT2D eigenvalue weighted by Gasteiger charge is -2.58. The predicted octanol–water partition coefficient (Wildman–Crippen LogP) is 1.44. The van der Waals surface area contributed by atoms with Gasteiger partial charge in [0, 0.05) is 6.07 Å². The van der Waals surface area contributed by atoms with E-state index in [-0.39, 0.29) is 16.3 Å². The second kappa shape index (κ2) is 7.69. The Morgan fingerprint density at radius 3 is 2.27 bits per heavy atom. The summed E-state index contributed by atoms with van der Waals surface area (Å²) in [5, 5.41) is 19.1. The standard InChI is InChI=1S/C22H26N2O8S/c25-18-11-32-17-6-15(1-2-16(17)24(18)10-19(26)27)33(30,31)23-20(21(28)29)22-7-12-3-13(8-22)5-14(4-12)9-22/h1-2,6,12-14,20,23H,3-5,7-11H2,(H,26,27)(H,28,29). The minimum Gasteiger partial charge on any atom is -0.482 e. The van der Waals surface area contributed by atoms with Crippen molar-refractivity contribution in [1.29, 1.82) is 0 Å². The average molecular weight is 479 g/mol. The monoisotopic (exact) mass is 478 g/mol. The lowest BCUT2D eigenvalue weighted by atomic mass is 9.48. The zero-order valence-electron chi connectivity index (χ0n) is 17.9. The number of amides is 1. The lowest BCUT2D eigenvalue weighted by Crippen LogP contribution is -2.59. The van der Waals surface area contributed by atoms with Gasteiger partial charge in [-0.05, 0) is 73.8 Å². The molecule has 1 heterocycles. The summed E-state index contributed by atoms with van der Waals surface area (Å²) in [4.78, 5) is 36.3. The third kappa shape index (κ3) is 3.86. The van der Waals surface area contributed by atoms with Gasteiger partial charge in [-0.25, -0.2) is 8.42 Å². The minimum atomic E-state index is -4.22. The molecule has 178 valence electrons. The molecular formula is C22H26N2O8S. The maximum Gasteiger partial charge on any atom is 0.323 e. The number of anilines is 1. The third-order valence-electron chi connectivity index (χ3n) is 7.70. The van der Waals surface area contributed by atoms with Crippen molar-refractivity contribution in [3.8, 4) is 5.75 Å². The highest BCUT2D eigenvalue weighted by atomic mass is 32.2. The molecule has 0 spiro atoms. The summed E-state index contributed by atoms with van der Waals surface area (Å²) in [5.74, 6) is -1.51. The molecule has 0 radical (unpaired) electrons. The van der Waals surface area contributed by atoms with E-state index in [4.69, 9.17) is 9.84 Å². The van der Waals surface area contributed by atoms with E-state index in [1.54, 1.807) is 0 Å². The van der Waals surface area contributed by atoms with Crippen molar-refractivity contribution in [1.82, 2.24) is 4.72 Å². The van der Waals surface area contributed by atoms with E-state index in [0.717, 1.165) is 43.4 Å². The number of carbonyl (C=O) groups is 3. The lowest BCUT2D eigenvalue weighted by molar-refractivity contribution is -0.150. The molecule has 1 amide bonds. The van der Waals surface area contributed by atoms with Gasteiger partial charge in [-0.1, -0.05) is 0 Å². The number of nitrogens with one attached hydrogen (secondary N) is 1. The molecule has 4 fully saturated rings. The fourth-order valence-electron chi connectivity index (χ4n) is 6.85. The SMILES string of the molecule is O=C(O)CN1C(=O)COc2cc(S(=O)(=O)NC(C(=O)O)C34CC5CC(CC(C5)C3)C4)ccc21. The van der Waals surface area contributed by atoms with Crippen molar-refractivity contribution in [2.45, 2.75) is 49.5 Å². The van der Waals surface area contributed by atoms with Crippen LogP contribution in [0.25, 0.3) is 0 Å². The number of rotatable bonds is 7. The van der Waals surface area contributed by atoms with Crippen LogP contribution in [0.15, 0.2) is 23.1 Å². The number of carboxylic acids is 2. The van der Waals surface area contributed by atoms with Crippen molar-refractivity contribution in [2.24, 2.45) is 23.2 Å². The molecule has 1 aromatic carbocycles. The maximum absolute atomic E-state index is 13.2. The number of aliphatic carboxylic acids is 2. The van der Waals surface area contributed by atoms with Crippen molar-refractivity contribution < 1.29 is 37.8 Å². The molecule has 11 heteroatoms. The Hall–Kier alpha value is -2.66. The van der Waals surface area contributed by atoms with Crippen molar-refractivity contribution in [3.05, 3.63) is 18.2 Å². The van der Waals surface area contributed by atoms with Gasteiger partial charge in [0.1, 0.15) is 18.3 Å². The molecule has 4 bridgehead atoms. The second-order valence-electron chi connectivity index (χ2n) is 9.96. The summed E-state index contributed by atoms with van der Waals surface area (Å²) in [5.41, 5.74) is -0.424. The Labute approximate surface area is 191 Å². The number of carboxylic acid groups (broad SMARTS) is 2. The van der Waals surface area contributed by atoms with Crippen LogP contribution < -0.4 is 14.4 Å². The Morgan fingerprint density at radius 1 is 1.12 bits per heavy atom. The third-order valence-corrected chi connectivity index (χ3v) is 9.12. The van der Waals surface area contributed by atoms with E-state index in [2.05, 4.69) is 4.72 Å². The molecule has 0 saturated heterocycles. The molecule has 4 aliphatic carbocycles. The van der Waals surface area contributed by atoms with Gasteiger partial charge in [0.2, 0.25) is 10.0 Å². The predicted molar refractivity (Wildman–Crippen MR) is 114 cm³/mol. The average Bonchev–Trinajstić information content (AvgIpc) is 2.72. The van der Waals surface area contributed by atoms with E-state index in [1.807, 2.05) is 0 Å². The molecule has 1 unspecified atom stereocenters. The molecule has 1 aromatic rings. The smallest absolute Gasteiger partial charge is 0.323 e. The number of carbonyl (C=O) groups excluding carboxylic acids is 1.